The molecule has 8 heteroatoms. The highest BCUT2D eigenvalue weighted by Gasteiger charge is 2.19. The number of rotatable bonds is 10. The minimum atomic E-state index is 0.00286. The van der Waals surface area contributed by atoms with Gasteiger partial charge >= 0.3 is 0 Å². The smallest absolute Gasteiger partial charge is 0.0736 e. The van der Waals surface area contributed by atoms with Crippen molar-refractivity contribution in [2.24, 2.45) is 0 Å². The number of benzene rings is 1. The van der Waals surface area contributed by atoms with Gasteiger partial charge in [0.2, 0.25) is 0 Å². The predicted octanol–water partition coefficient (Wildman–Crippen LogP) is 4.87. The van der Waals surface area contributed by atoms with Gasteiger partial charge in [0.05, 0.1) is 39.6 Å². The Hall–Kier alpha value is 0.460. The summed E-state index contributed by atoms with van der Waals surface area (Å²) in [6.07, 6.45) is 6.82. The third-order valence-corrected chi connectivity index (χ3v) is 7.87. The van der Waals surface area contributed by atoms with Crippen molar-refractivity contribution in [3.63, 3.8) is 0 Å². The van der Waals surface area contributed by atoms with Crippen LogP contribution in [0.5, 0.6) is 0 Å². The van der Waals surface area contributed by atoms with Crippen LogP contribution in [-0.2, 0) is 22.7 Å². The van der Waals surface area contributed by atoms with Crippen LogP contribution >= 0.6 is 63.7 Å². The largest absolute Gasteiger partial charge is 0.392 e. The van der Waals surface area contributed by atoms with Crippen molar-refractivity contribution in [2.75, 3.05) is 26.4 Å². The van der Waals surface area contributed by atoms with Crippen LogP contribution in [0.15, 0.2) is 42.2 Å². The average molecular weight is 594 g/mol. The molecule has 0 radical (unpaired) electrons. The summed E-state index contributed by atoms with van der Waals surface area (Å²) in [4.78, 5) is 0. The molecule has 0 saturated heterocycles. The lowest BCUT2D eigenvalue weighted by Gasteiger charge is -2.17. The van der Waals surface area contributed by atoms with E-state index in [1.54, 1.807) is 24.3 Å². The van der Waals surface area contributed by atoms with Crippen LogP contribution in [0.1, 0.15) is 11.1 Å². The summed E-state index contributed by atoms with van der Waals surface area (Å²) < 4.78 is 14.9. The molecule has 0 aromatic heterocycles. The van der Waals surface area contributed by atoms with Gasteiger partial charge in [-0.05, 0) is 74.8 Å². The Morgan fingerprint density at radius 1 is 0.625 bits per heavy atom. The fourth-order valence-corrected chi connectivity index (χ4v) is 4.28. The SMILES string of the molecule is OCC=CCOCc1c(Br)c(Br)c(Br)c(Br)c1COCC=CCO. The Balaban J connectivity index is 2.92. The Labute approximate surface area is 175 Å². The van der Waals surface area contributed by atoms with E-state index in [1.807, 2.05) is 0 Å². The van der Waals surface area contributed by atoms with Gasteiger partial charge in [0.15, 0.2) is 0 Å². The minimum absolute atomic E-state index is 0.00286. The predicted molar refractivity (Wildman–Crippen MR) is 109 cm³/mol. The molecule has 0 fully saturated rings. The number of hydrogen-bond donors (Lipinski definition) is 2. The van der Waals surface area contributed by atoms with Crippen LogP contribution in [0.3, 0.4) is 0 Å². The van der Waals surface area contributed by atoms with E-state index in [0.717, 1.165) is 29.0 Å². The van der Waals surface area contributed by atoms with Gasteiger partial charge in [-0.2, -0.15) is 0 Å². The quantitative estimate of drug-likeness (QED) is 0.176. The van der Waals surface area contributed by atoms with Crippen molar-refractivity contribution in [1.29, 1.82) is 0 Å². The molecule has 0 saturated carbocycles. The van der Waals surface area contributed by atoms with Crippen molar-refractivity contribution >= 4 is 63.7 Å². The normalized spacial score (nSPS) is 11.9. The van der Waals surface area contributed by atoms with E-state index in [-0.39, 0.29) is 13.2 Å². The van der Waals surface area contributed by atoms with Crippen molar-refractivity contribution < 1.29 is 19.7 Å². The fraction of sp³-hybridized carbons (Fsp3) is 0.375. The topological polar surface area (TPSA) is 58.9 Å². The molecule has 0 heterocycles. The third-order valence-electron chi connectivity index (χ3n) is 2.94. The zero-order valence-corrected chi connectivity index (χ0v) is 19.1. The van der Waals surface area contributed by atoms with Gasteiger partial charge < -0.3 is 19.7 Å². The summed E-state index contributed by atoms with van der Waals surface area (Å²) >= 11 is 14.3. The number of ether oxygens (including phenoxy) is 2. The lowest BCUT2D eigenvalue weighted by molar-refractivity contribution is 0.132. The molecule has 0 aliphatic carbocycles. The van der Waals surface area contributed by atoms with Crippen molar-refractivity contribution in [3.05, 3.63) is 53.3 Å². The first-order chi connectivity index (χ1) is 11.5. The number of aliphatic hydroxyl groups is 2. The molecule has 1 aromatic rings. The van der Waals surface area contributed by atoms with Gasteiger partial charge in [0.25, 0.3) is 0 Å². The van der Waals surface area contributed by atoms with Gasteiger partial charge in [0.1, 0.15) is 0 Å². The molecule has 2 N–H and O–H groups in total. The van der Waals surface area contributed by atoms with E-state index in [1.165, 1.54) is 0 Å². The van der Waals surface area contributed by atoms with Gasteiger partial charge in [-0.15, -0.1) is 0 Å². The molecule has 24 heavy (non-hydrogen) atoms. The molecule has 1 rings (SSSR count). The summed E-state index contributed by atoms with van der Waals surface area (Å²) in [5.74, 6) is 0. The maximum absolute atomic E-state index is 8.73. The van der Waals surface area contributed by atoms with Crippen LogP contribution in [0, 0.1) is 0 Å². The number of aliphatic hydroxyl groups excluding tert-OH is 2. The summed E-state index contributed by atoms with van der Waals surface area (Å²) in [5, 5.41) is 17.5. The molecular weight excluding hydrogens is 576 g/mol. The first kappa shape index (κ1) is 22.5. The highest BCUT2D eigenvalue weighted by atomic mass is 79.9. The lowest BCUT2D eigenvalue weighted by atomic mass is 10.1. The molecule has 0 unspecified atom stereocenters. The van der Waals surface area contributed by atoms with E-state index in [0.29, 0.717) is 26.4 Å². The monoisotopic (exact) mass is 590 g/mol. The van der Waals surface area contributed by atoms with E-state index in [2.05, 4.69) is 63.7 Å². The second kappa shape index (κ2) is 12.8. The Bertz CT molecular complexity index is 537. The zero-order chi connectivity index (χ0) is 17.9. The molecular formula is C16H18Br4O4. The minimum Gasteiger partial charge on any atom is -0.392 e. The van der Waals surface area contributed by atoms with E-state index >= 15 is 0 Å². The molecule has 0 spiro atoms. The second-order valence-corrected chi connectivity index (χ2v) is 7.72. The van der Waals surface area contributed by atoms with Crippen molar-refractivity contribution in [3.8, 4) is 0 Å². The highest BCUT2D eigenvalue weighted by Crippen LogP contribution is 2.42. The Morgan fingerprint density at radius 2 is 1.00 bits per heavy atom. The molecule has 0 bridgehead atoms. The Kier molecular flexibility index (Phi) is 12.0. The van der Waals surface area contributed by atoms with Gasteiger partial charge in [-0.25, -0.2) is 0 Å². The van der Waals surface area contributed by atoms with Crippen LogP contribution in [0.4, 0.5) is 0 Å². The number of hydrogen-bond acceptors (Lipinski definition) is 4. The fourth-order valence-electron chi connectivity index (χ4n) is 1.77. The van der Waals surface area contributed by atoms with Crippen molar-refractivity contribution in [2.45, 2.75) is 13.2 Å². The molecule has 0 aliphatic rings. The summed E-state index contributed by atoms with van der Waals surface area (Å²) in [5.41, 5.74) is 1.95. The van der Waals surface area contributed by atoms with Crippen LogP contribution in [0.2, 0.25) is 0 Å². The first-order valence-electron chi connectivity index (χ1n) is 7.05. The first-order valence-corrected chi connectivity index (χ1v) is 10.2. The summed E-state index contributed by atoms with van der Waals surface area (Å²) in [6.45, 7) is 1.62. The second-order valence-electron chi connectivity index (χ2n) is 4.55. The molecule has 0 atom stereocenters. The molecule has 134 valence electrons. The molecule has 1 aromatic carbocycles. The average Bonchev–Trinajstić information content (AvgIpc) is 2.58. The summed E-state index contributed by atoms with van der Waals surface area (Å²) in [6, 6.07) is 0. The van der Waals surface area contributed by atoms with E-state index in [4.69, 9.17) is 19.7 Å². The standard InChI is InChI=1S/C16H18Br4O4/c17-13-11(9-23-7-3-1-5-21)12(10-24-8-4-2-6-22)14(18)16(20)15(13)19/h1-4,21-22H,5-10H2. The van der Waals surface area contributed by atoms with Crippen molar-refractivity contribution in [1.82, 2.24) is 0 Å². The maximum atomic E-state index is 8.73. The Morgan fingerprint density at radius 3 is 1.33 bits per heavy atom. The van der Waals surface area contributed by atoms with E-state index < -0.39 is 0 Å². The summed E-state index contributed by atoms with van der Waals surface area (Å²) in [7, 11) is 0. The third kappa shape index (κ3) is 6.99. The lowest BCUT2D eigenvalue weighted by Crippen LogP contribution is -2.05. The zero-order valence-electron chi connectivity index (χ0n) is 12.8. The van der Waals surface area contributed by atoms with Gasteiger partial charge in [-0.1, -0.05) is 24.3 Å². The molecule has 0 aliphatic heterocycles. The molecule has 4 nitrogen and oxygen atoms in total. The van der Waals surface area contributed by atoms with Gasteiger partial charge in [-0.3, -0.25) is 0 Å². The van der Waals surface area contributed by atoms with Crippen LogP contribution in [0.25, 0.3) is 0 Å². The number of halogens is 4. The van der Waals surface area contributed by atoms with Crippen LogP contribution < -0.4 is 0 Å². The highest BCUT2D eigenvalue weighted by molar-refractivity contribution is 9.15. The van der Waals surface area contributed by atoms with E-state index in [9.17, 15) is 0 Å². The van der Waals surface area contributed by atoms with Gasteiger partial charge in [0, 0.05) is 17.9 Å². The van der Waals surface area contributed by atoms with Crippen LogP contribution in [-0.4, -0.2) is 36.6 Å². The maximum Gasteiger partial charge on any atom is 0.0736 e. The molecule has 0 amide bonds.